The summed E-state index contributed by atoms with van der Waals surface area (Å²) in [5, 5.41) is 0.706. The molecule has 0 bridgehead atoms. The maximum Gasteiger partial charge on any atom is 0.254 e. The van der Waals surface area contributed by atoms with Gasteiger partial charge in [0.05, 0.1) is 0 Å². The lowest BCUT2D eigenvalue weighted by molar-refractivity contribution is 0.879. The average molecular weight is 263 g/mol. The van der Waals surface area contributed by atoms with E-state index < -0.39 is 0 Å². The van der Waals surface area contributed by atoms with Crippen LogP contribution in [0, 0.1) is 6.92 Å². The van der Waals surface area contributed by atoms with Crippen molar-refractivity contribution in [3.05, 3.63) is 62.3 Å². The molecule has 0 radical (unpaired) electrons. The molecule has 0 aliphatic carbocycles. The molecule has 1 N–H and O–H groups in total. The van der Waals surface area contributed by atoms with Crippen molar-refractivity contribution in [2.24, 2.45) is 0 Å². The van der Waals surface area contributed by atoms with Crippen LogP contribution in [0.1, 0.15) is 29.6 Å². The number of hydrogen-bond donors (Lipinski definition) is 1. The van der Waals surface area contributed by atoms with E-state index in [0.717, 1.165) is 16.8 Å². The Morgan fingerprint density at radius 1 is 1.28 bits per heavy atom. The molecule has 0 amide bonds. The molecule has 2 rings (SSSR count). The van der Waals surface area contributed by atoms with E-state index in [1.54, 1.807) is 0 Å². The highest BCUT2D eigenvalue weighted by atomic mass is 35.5. The number of hydrogen-bond acceptors (Lipinski definition) is 2. The lowest BCUT2D eigenvalue weighted by atomic mass is 10.1. The molecule has 1 aromatic carbocycles. The highest BCUT2D eigenvalue weighted by Gasteiger charge is 2.06. The average Bonchev–Trinajstić information content (AvgIpc) is 2.32. The van der Waals surface area contributed by atoms with Gasteiger partial charge < -0.3 is 4.98 Å². The molecule has 94 valence electrons. The number of aryl methyl sites for hydroxylation is 1. The SMILES string of the molecule is CCc1c(C)nc(Cc2ccc(Cl)cc2)[nH]c1=O. The van der Waals surface area contributed by atoms with Crippen LogP contribution >= 0.6 is 11.6 Å². The second-order valence-electron chi connectivity index (χ2n) is 4.23. The summed E-state index contributed by atoms with van der Waals surface area (Å²) in [6, 6.07) is 7.54. The van der Waals surface area contributed by atoms with E-state index in [0.29, 0.717) is 23.7 Å². The number of rotatable bonds is 3. The Labute approximate surface area is 111 Å². The first-order valence-corrected chi connectivity index (χ1v) is 6.31. The van der Waals surface area contributed by atoms with E-state index in [-0.39, 0.29) is 5.56 Å². The highest BCUT2D eigenvalue weighted by molar-refractivity contribution is 6.30. The number of aromatic nitrogens is 2. The summed E-state index contributed by atoms with van der Waals surface area (Å²) in [5.41, 5.74) is 2.61. The van der Waals surface area contributed by atoms with Crippen LogP contribution < -0.4 is 5.56 Å². The van der Waals surface area contributed by atoms with Gasteiger partial charge in [0.2, 0.25) is 0 Å². The van der Waals surface area contributed by atoms with Gasteiger partial charge in [-0.2, -0.15) is 0 Å². The Morgan fingerprint density at radius 3 is 2.50 bits per heavy atom. The zero-order valence-corrected chi connectivity index (χ0v) is 11.2. The number of benzene rings is 1. The van der Waals surface area contributed by atoms with Crippen molar-refractivity contribution in [2.75, 3.05) is 0 Å². The first-order chi connectivity index (χ1) is 8.60. The van der Waals surface area contributed by atoms with Gasteiger partial charge in [-0.25, -0.2) is 4.98 Å². The maximum atomic E-state index is 11.8. The van der Waals surface area contributed by atoms with E-state index in [2.05, 4.69) is 9.97 Å². The van der Waals surface area contributed by atoms with E-state index in [1.165, 1.54) is 0 Å². The zero-order chi connectivity index (χ0) is 13.1. The highest BCUT2D eigenvalue weighted by Crippen LogP contribution is 2.12. The fourth-order valence-electron chi connectivity index (χ4n) is 1.96. The van der Waals surface area contributed by atoms with Crippen LogP contribution in [0.15, 0.2) is 29.1 Å². The van der Waals surface area contributed by atoms with Gasteiger partial charge in [0, 0.05) is 22.7 Å². The molecule has 2 aromatic rings. The minimum absolute atomic E-state index is 0.0334. The van der Waals surface area contributed by atoms with Gasteiger partial charge in [0.15, 0.2) is 0 Å². The van der Waals surface area contributed by atoms with Crippen LogP contribution in [0.25, 0.3) is 0 Å². The summed E-state index contributed by atoms with van der Waals surface area (Å²) in [7, 11) is 0. The van der Waals surface area contributed by atoms with Crippen LogP contribution in [0.4, 0.5) is 0 Å². The van der Waals surface area contributed by atoms with Crippen LogP contribution in [-0.4, -0.2) is 9.97 Å². The molecule has 1 aromatic heterocycles. The summed E-state index contributed by atoms with van der Waals surface area (Å²) >= 11 is 5.83. The molecule has 0 aliphatic heterocycles. The zero-order valence-electron chi connectivity index (χ0n) is 10.5. The molecule has 0 fully saturated rings. The van der Waals surface area contributed by atoms with Crippen molar-refractivity contribution < 1.29 is 0 Å². The van der Waals surface area contributed by atoms with E-state index in [9.17, 15) is 4.79 Å². The van der Waals surface area contributed by atoms with Gasteiger partial charge in [0.1, 0.15) is 5.82 Å². The summed E-state index contributed by atoms with van der Waals surface area (Å²) in [5.74, 6) is 0.692. The van der Waals surface area contributed by atoms with Gasteiger partial charge >= 0.3 is 0 Å². The molecule has 0 saturated heterocycles. The smallest absolute Gasteiger partial charge is 0.254 e. The minimum atomic E-state index is -0.0334. The molecule has 0 saturated carbocycles. The van der Waals surface area contributed by atoms with Crippen molar-refractivity contribution in [1.29, 1.82) is 0 Å². The van der Waals surface area contributed by atoms with Crippen LogP contribution in [0.5, 0.6) is 0 Å². The first-order valence-electron chi connectivity index (χ1n) is 5.93. The third kappa shape index (κ3) is 2.79. The predicted octanol–water partition coefficient (Wildman–Crippen LogP) is 2.88. The number of nitrogens with one attached hydrogen (secondary N) is 1. The van der Waals surface area contributed by atoms with E-state index in [4.69, 9.17) is 11.6 Å². The lowest BCUT2D eigenvalue weighted by Crippen LogP contribution is -2.18. The largest absolute Gasteiger partial charge is 0.310 e. The van der Waals surface area contributed by atoms with Crippen LogP contribution in [0.2, 0.25) is 5.02 Å². The molecular formula is C14H15ClN2O. The summed E-state index contributed by atoms with van der Waals surface area (Å²) in [6.07, 6.45) is 1.31. The fraction of sp³-hybridized carbons (Fsp3) is 0.286. The number of H-pyrrole nitrogens is 1. The number of nitrogens with zero attached hydrogens (tertiary/aromatic N) is 1. The second-order valence-corrected chi connectivity index (χ2v) is 4.67. The van der Waals surface area contributed by atoms with Gasteiger partial charge in [-0.1, -0.05) is 30.7 Å². The van der Waals surface area contributed by atoms with E-state index >= 15 is 0 Å². The Bertz CT molecular complexity index is 602. The molecule has 0 atom stereocenters. The first kappa shape index (κ1) is 12.8. The fourth-order valence-corrected chi connectivity index (χ4v) is 2.09. The Hall–Kier alpha value is -1.61. The molecule has 4 heteroatoms. The topological polar surface area (TPSA) is 45.8 Å². The molecule has 0 aliphatic rings. The quantitative estimate of drug-likeness (QED) is 0.925. The maximum absolute atomic E-state index is 11.8. The second kappa shape index (κ2) is 5.36. The van der Waals surface area contributed by atoms with Crippen molar-refractivity contribution in [1.82, 2.24) is 9.97 Å². The Balaban J connectivity index is 2.30. The summed E-state index contributed by atoms with van der Waals surface area (Å²) < 4.78 is 0. The van der Waals surface area contributed by atoms with Crippen LogP contribution in [0.3, 0.4) is 0 Å². The molecule has 1 heterocycles. The molecule has 3 nitrogen and oxygen atoms in total. The standard InChI is InChI=1S/C14H15ClN2O/c1-3-12-9(2)16-13(17-14(12)18)8-10-4-6-11(15)7-5-10/h4-7H,3,8H2,1-2H3,(H,16,17,18). The number of aromatic amines is 1. The Morgan fingerprint density at radius 2 is 1.94 bits per heavy atom. The molecule has 18 heavy (non-hydrogen) atoms. The van der Waals surface area contributed by atoms with Crippen molar-refractivity contribution in [3.8, 4) is 0 Å². The Kier molecular flexibility index (Phi) is 3.82. The molecular weight excluding hydrogens is 248 g/mol. The number of halogens is 1. The van der Waals surface area contributed by atoms with Crippen molar-refractivity contribution in [3.63, 3.8) is 0 Å². The summed E-state index contributed by atoms with van der Waals surface area (Å²) in [6.45, 7) is 3.83. The molecule has 0 unspecified atom stereocenters. The van der Waals surface area contributed by atoms with Gasteiger partial charge in [-0.15, -0.1) is 0 Å². The molecule has 0 spiro atoms. The predicted molar refractivity (Wildman–Crippen MR) is 73.2 cm³/mol. The van der Waals surface area contributed by atoms with Gasteiger partial charge in [-0.05, 0) is 31.0 Å². The van der Waals surface area contributed by atoms with Crippen molar-refractivity contribution >= 4 is 11.6 Å². The third-order valence-corrected chi connectivity index (χ3v) is 3.16. The lowest BCUT2D eigenvalue weighted by Gasteiger charge is -2.06. The van der Waals surface area contributed by atoms with Gasteiger partial charge in [-0.3, -0.25) is 4.79 Å². The van der Waals surface area contributed by atoms with Crippen LogP contribution in [-0.2, 0) is 12.8 Å². The monoisotopic (exact) mass is 262 g/mol. The minimum Gasteiger partial charge on any atom is -0.310 e. The third-order valence-electron chi connectivity index (χ3n) is 2.91. The van der Waals surface area contributed by atoms with E-state index in [1.807, 2.05) is 38.1 Å². The summed E-state index contributed by atoms with van der Waals surface area (Å²) in [4.78, 5) is 19.1. The normalized spacial score (nSPS) is 10.6. The van der Waals surface area contributed by atoms with Gasteiger partial charge in [0.25, 0.3) is 5.56 Å². The van der Waals surface area contributed by atoms with Crippen molar-refractivity contribution in [2.45, 2.75) is 26.7 Å².